The van der Waals surface area contributed by atoms with Gasteiger partial charge in [0.2, 0.25) is 14.2 Å². The molecule has 0 aliphatic carbocycles. The first-order chi connectivity index (χ1) is 11.8. The minimum absolute atomic E-state index is 0.295. The van der Waals surface area contributed by atoms with Gasteiger partial charge in [0.15, 0.2) is 5.83 Å². The fourth-order valence-corrected chi connectivity index (χ4v) is 4.40. The molecule has 10 heteroatoms. The van der Waals surface area contributed by atoms with Crippen molar-refractivity contribution in [2.75, 3.05) is 12.9 Å². The van der Waals surface area contributed by atoms with Crippen molar-refractivity contribution in [2.24, 2.45) is 5.16 Å². The standard InChI is InChI=1S/C15H13F3N2O3S2/c1-23-19-9-12-13(10-5-3-2-4-6-10)20-15(24-12)25(21,22)8-7-11(16)14(17)18/h2-6,9H,7-8H2,1H3/b19-9+. The molecule has 0 aliphatic rings. The van der Waals surface area contributed by atoms with Crippen LogP contribution in [0, 0.1) is 0 Å². The molecule has 0 bridgehead atoms. The first kappa shape index (κ1) is 19.1. The number of benzene rings is 1. The molecule has 0 unspecified atom stereocenters. The second-order valence-corrected chi connectivity index (χ2v) is 8.02. The Kier molecular flexibility index (Phi) is 6.32. The first-order valence-corrected chi connectivity index (χ1v) is 9.37. The summed E-state index contributed by atoms with van der Waals surface area (Å²) in [6.45, 7) is 0. The maximum absolute atomic E-state index is 12.9. The zero-order valence-corrected chi connectivity index (χ0v) is 14.6. The van der Waals surface area contributed by atoms with Crippen molar-refractivity contribution in [1.82, 2.24) is 4.98 Å². The van der Waals surface area contributed by atoms with Gasteiger partial charge >= 0.3 is 6.08 Å². The van der Waals surface area contributed by atoms with E-state index in [1.807, 2.05) is 0 Å². The van der Waals surface area contributed by atoms with Gasteiger partial charge in [0.05, 0.1) is 22.5 Å². The van der Waals surface area contributed by atoms with Gasteiger partial charge in [-0.3, -0.25) is 0 Å². The summed E-state index contributed by atoms with van der Waals surface area (Å²) >= 11 is 0.807. The van der Waals surface area contributed by atoms with E-state index >= 15 is 0 Å². The quantitative estimate of drug-likeness (QED) is 0.529. The van der Waals surface area contributed by atoms with Gasteiger partial charge < -0.3 is 4.84 Å². The van der Waals surface area contributed by atoms with E-state index in [-0.39, 0.29) is 4.34 Å². The smallest absolute Gasteiger partial charge is 0.301 e. The number of thiazole rings is 1. The van der Waals surface area contributed by atoms with Crippen LogP contribution in [-0.2, 0) is 14.7 Å². The van der Waals surface area contributed by atoms with Crippen molar-refractivity contribution in [3.8, 4) is 11.3 Å². The molecule has 0 amide bonds. The Bertz CT molecular complexity index is 890. The van der Waals surface area contributed by atoms with Crippen LogP contribution in [-0.4, -0.2) is 32.5 Å². The van der Waals surface area contributed by atoms with Gasteiger partial charge in [0, 0.05) is 12.0 Å². The minimum atomic E-state index is -4.03. The fraction of sp³-hybridized carbons (Fsp3) is 0.200. The molecule has 0 aliphatic heterocycles. The van der Waals surface area contributed by atoms with Gasteiger partial charge in [0.25, 0.3) is 0 Å². The molecule has 1 aromatic carbocycles. The lowest BCUT2D eigenvalue weighted by molar-refractivity contribution is 0.215. The lowest BCUT2D eigenvalue weighted by Crippen LogP contribution is -2.07. The van der Waals surface area contributed by atoms with Gasteiger partial charge in [-0.05, 0) is 0 Å². The fourth-order valence-electron chi connectivity index (χ4n) is 1.84. The van der Waals surface area contributed by atoms with Crippen molar-refractivity contribution in [2.45, 2.75) is 10.8 Å². The van der Waals surface area contributed by atoms with E-state index in [9.17, 15) is 21.6 Å². The Labute approximate surface area is 146 Å². The average Bonchev–Trinajstić information content (AvgIpc) is 3.03. The van der Waals surface area contributed by atoms with Gasteiger partial charge in [-0.25, -0.2) is 17.8 Å². The molecule has 25 heavy (non-hydrogen) atoms. The molecule has 0 fully saturated rings. The van der Waals surface area contributed by atoms with Crippen molar-refractivity contribution in [3.05, 3.63) is 47.1 Å². The molecule has 1 heterocycles. The zero-order valence-electron chi connectivity index (χ0n) is 12.9. The third-order valence-electron chi connectivity index (χ3n) is 3.02. The molecule has 0 N–H and O–H groups in total. The molecule has 134 valence electrons. The Morgan fingerprint density at radius 2 is 1.96 bits per heavy atom. The maximum Gasteiger partial charge on any atom is 0.301 e. The number of aromatic nitrogens is 1. The number of hydrogen-bond acceptors (Lipinski definition) is 6. The number of rotatable bonds is 7. The molecule has 0 spiro atoms. The Hall–Kier alpha value is -2.20. The molecule has 0 atom stereocenters. The predicted octanol–water partition coefficient (Wildman–Crippen LogP) is 4.03. The van der Waals surface area contributed by atoms with Crippen molar-refractivity contribution >= 4 is 27.4 Å². The number of nitrogens with zero attached hydrogens (tertiary/aromatic N) is 2. The summed E-state index contributed by atoms with van der Waals surface area (Å²) in [4.78, 5) is 9.10. The molecule has 5 nitrogen and oxygen atoms in total. The van der Waals surface area contributed by atoms with Gasteiger partial charge in [-0.1, -0.05) is 35.5 Å². The van der Waals surface area contributed by atoms with Gasteiger partial charge in [-0.2, -0.15) is 8.78 Å². The van der Waals surface area contributed by atoms with Crippen LogP contribution in [0.1, 0.15) is 11.3 Å². The van der Waals surface area contributed by atoms with Crippen molar-refractivity contribution < 1.29 is 26.4 Å². The van der Waals surface area contributed by atoms with E-state index < -0.39 is 33.9 Å². The van der Waals surface area contributed by atoms with E-state index in [2.05, 4.69) is 15.0 Å². The highest BCUT2D eigenvalue weighted by atomic mass is 32.2. The average molecular weight is 390 g/mol. The topological polar surface area (TPSA) is 68.6 Å². The lowest BCUT2D eigenvalue weighted by Gasteiger charge is -1.99. The molecule has 2 aromatic rings. The van der Waals surface area contributed by atoms with Crippen LogP contribution in [0.4, 0.5) is 13.2 Å². The number of sulfone groups is 1. The van der Waals surface area contributed by atoms with Gasteiger partial charge in [-0.15, -0.1) is 11.3 Å². The maximum atomic E-state index is 12.9. The molecular weight excluding hydrogens is 377 g/mol. The van der Waals surface area contributed by atoms with Gasteiger partial charge in [0.1, 0.15) is 7.11 Å². The largest absolute Gasteiger partial charge is 0.399 e. The van der Waals surface area contributed by atoms with E-state index in [1.54, 1.807) is 30.3 Å². The SMILES string of the molecule is CO/N=C/c1sc(S(=O)(=O)CCC(F)=C(F)F)nc1-c1ccccc1. The van der Waals surface area contributed by atoms with E-state index in [0.717, 1.165) is 11.3 Å². The first-order valence-electron chi connectivity index (χ1n) is 6.90. The Morgan fingerprint density at radius 1 is 1.28 bits per heavy atom. The highest BCUT2D eigenvalue weighted by Gasteiger charge is 2.24. The monoisotopic (exact) mass is 390 g/mol. The Balaban J connectivity index is 2.40. The molecule has 1 aromatic heterocycles. The molecule has 0 radical (unpaired) electrons. The summed E-state index contributed by atoms with van der Waals surface area (Å²) in [6.07, 6.45) is -2.13. The minimum Gasteiger partial charge on any atom is -0.399 e. The second kappa shape index (κ2) is 8.26. The normalized spacial score (nSPS) is 11.7. The Morgan fingerprint density at radius 3 is 2.56 bits per heavy atom. The third-order valence-corrected chi connectivity index (χ3v) is 6.18. The molecular formula is C15H13F3N2O3S2. The summed E-state index contributed by atoms with van der Waals surface area (Å²) in [5.41, 5.74) is 1.01. The predicted molar refractivity (Wildman–Crippen MR) is 89.2 cm³/mol. The number of hydrogen-bond donors (Lipinski definition) is 0. The van der Waals surface area contributed by atoms with Crippen LogP contribution in [0.3, 0.4) is 0 Å². The molecule has 0 saturated carbocycles. The van der Waals surface area contributed by atoms with Crippen molar-refractivity contribution in [1.29, 1.82) is 0 Å². The summed E-state index contributed by atoms with van der Waals surface area (Å²) in [5, 5.41) is 3.60. The van der Waals surface area contributed by atoms with Crippen LogP contribution >= 0.6 is 11.3 Å². The number of allylic oxidation sites excluding steroid dienone is 1. The van der Waals surface area contributed by atoms with Crippen LogP contribution in [0.2, 0.25) is 0 Å². The number of oxime groups is 1. The third kappa shape index (κ3) is 4.89. The summed E-state index contributed by atoms with van der Waals surface area (Å²) in [7, 11) is -2.69. The van der Waals surface area contributed by atoms with Crippen LogP contribution in [0.5, 0.6) is 0 Å². The zero-order chi connectivity index (χ0) is 18.4. The summed E-state index contributed by atoms with van der Waals surface area (Å²) < 4.78 is 61.3. The van der Waals surface area contributed by atoms with Crippen molar-refractivity contribution in [3.63, 3.8) is 0 Å². The van der Waals surface area contributed by atoms with Crippen LogP contribution in [0.25, 0.3) is 11.3 Å². The van der Waals surface area contributed by atoms with Crippen LogP contribution in [0.15, 0.2) is 51.7 Å². The highest BCUT2D eigenvalue weighted by molar-refractivity contribution is 7.93. The molecule has 0 saturated heterocycles. The van der Waals surface area contributed by atoms with E-state index in [1.165, 1.54) is 13.3 Å². The summed E-state index contributed by atoms with van der Waals surface area (Å²) in [6, 6.07) is 8.76. The lowest BCUT2D eigenvalue weighted by atomic mass is 10.1. The summed E-state index contributed by atoms with van der Waals surface area (Å²) in [5.74, 6) is -2.55. The number of halogens is 3. The van der Waals surface area contributed by atoms with E-state index in [4.69, 9.17) is 0 Å². The molecule has 2 rings (SSSR count). The van der Waals surface area contributed by atoms with Crippen LogP contribution < -0.4 is 0 Å². The second-order valence-electron chi connectivity index (χ2n) is 4.71. The van der Waals surface area contributed by atoms with E-state index in [0.29, 0.717) is 16.1 Å². The highest BCUT2D eigenvalue weighted by Crippen LogP contribution is 2.30.